The van der Waals surface area contributed by atoms with Crippen LogP contribution in [0, 0.1) is 5.41 Å². The fourth-order valence-electron chi connectivity index (χ4n) is 2.58. The van der Waals surface area contributed by atoms with E-state index in [1.807, 2.05) is 0 Å². The molecule has 1 atom stereocenters. The zero-order valence-corrected chi connectivity index (χ0v) is 17.2. The summed E-state index contributed by atoms with van der Waals surface area (Å²) in [6.07, 6.45) is 5.98. The number of pyridine rings is 1. The smallest absolute Gasteiger partial charge is 0.549 e. The van der Waals surface area contributed by atoms with Crippen LogP contribution in [0.15, 0.2) is 43.1 Å². The fraction of sp³-hybridized carbons (Fsp3) is 0.389. The molecule has 2 aromatic heterocycles. The van der Waals surface area contributed by atoms with Crippen molar-refractivity contribution in [3.05, 3.63) is 54.4 Å². The molecule has 0 radical (unpaired) electrons. The maximum Gasteiger partial charge on any atom is 1.00 e. The van der Waals surface area contributed by atoms with Crippen molar-refractivity contribution >= 4 is 11.9 Å². The molecule has 0 aliphatic carbocycles. The SMILES string of the molecule is CCC(CC)(C(=O)[O-])C(=O)OC(Cc1ccncc1)c1ccncn1.[Na+]. The monoisotopic (exact) mass is 365 g/mol. The van der Waals surface area contributed by atoms with Crippen LogP contribution in [0.2, 0.25) is 0 Å². The molecule has 0 amide bonds. The Morgan fingerprint density at radius 1 is 1.12 bits per heavy atom. The van der Waals surface area contributed by atoms with E-state index in [1.165, 1.54) is 6.33 Å². The molecule has 2 heterocycles. The molecule has 2 aromatic rings. The topological polar surface area (TPSA) is 105 Å². The minimum absolute atomic E-state index is 0. The standard InChI is InChI=1S/C18H21N3O4.Na/c1-3-18(4-2,16(22)23)17(24)25-15(14-7-10-20-12-21-14)11-13-5-8-19-9-6-13;/h5-10,12,15H,3-4,11H2,1-2H3,(H,22,23);/q;+1/p-1. The second kappa shape index (κ2) is 10.4. The normalized spacial score (nSPS) is 11.9. The van der Waals surface area contributed by atoms with Crippen LogP contribution >= 0.6 is 0 Å². The van der Waals surface area contributed by atoms with Crippen molar-refractivity contribution in [2.24, 2.45) is 5.41 Å². The second-order valence-corrected chi connectivity index (χ2v) is 5.66. The van der Waals surface area contributed by atoms with E-state index in [0.29, 0.717) is 12.1 Å². The van der Waals surface area contributed by atoms with Gasteiger partial charge in [0.15, 0.2) is 0 Å². The summed E-state index contributed by atoms with van der Waals surface area (Å²) in [7, 11) is 0. The summed E-state index contributed by atoms with van der Waals surface area (Å²) in [6.45, 7) is 3.26. The molecule has 0 aliphatic rings. The molecule has 26 heavy (non-hydrogen) atoms. The maximum absolute atomic E-state index is 12.6. The van der Waals surface area contributed by atoms with E-state index in [-0.39, 0.29) is 42.4 Å². The molecular formula is C18H20N3NaO4. The first-order chi connectivity index (χ1) is 12.0. The van der Waals surface area contributed by atoms with Gasteiger partial charge in [-0.25, -0.2) is 9.97 Å². The summed E-state index contributed by atoms with van der Waals surface area (Å²) in [4.78, 5) is 36.2. The molecule has 0 aromatic carbocycles. The van der Waals surface area contributed by atoms with Gasteiger partial charge in [0, 0.05) is 25.0 Å². The summed E-state index contributed by atoms with van der Waals surface area (Å²) >= 11 is 0. The number of hydrogen-bond acceptors (Lipinski definition) is 7. The zero-order chi connectivity index (χ0) is 18.3. The molecule has 132 valence electrons. The first-order valence-electron chi connectivity index (χ1n) is 8.10. The Bertz CT molecular complexity index is 709. The van der Waals surface area contributed by atoms with Crippen molar-refractivity contribution in [3.8, 4) is 0 Å². The van der Waals surface area contributed by atoms with Gasteiger partial charge in [0.05, 0.1) is 11.7 Å². The minimum Gasteiger partial charge on any atom is -0.549 e. The summed E-state index contributed by atoms with van der Waals surface area (Å²) in [5.41, 5.74) is -0.276. The molecular weight excluding hydrogens is 345 g/mol. The molecule has 0 aliphatic heterocycles. The van der Waals surface area contributed by atoms with Crippen LogP contribution in [0.1, 0.15) is 44.1 Å². The van der Waals surface area contributed by atoms with Crippen LogP contribution in [-0.4, -0.2) is 26.9 Å². The second-order valence-electron chi connectivity index (χ2n) is 5.66. The van der Waals surface area contributed by atoms with Crippen LogP contribution in [-0.2, 0) is 20.7 Å². The van der Waals surface area contributed by atoms with Gasteiger partial charge in [-0.2, -0.15) is 0 Å². The summed E-state index contributed by atoms with van der Waals surface area (Å²) < 4.78 is 5.58. The van der Waals surface area contributed by atoms with Crippen molar-refractivity contribution in [1.82, 2.24) is 15.0 Å². The van der Waals surface area contributed by atoms with Gasteiger partial charge in [-0.05, 0) is 36.6 Å². The van der Waals surface area contributed by atoms with Gasteiger partial charge in [0.1, 0.15) is 17.8 Å². The minimum atomic E-state index is -1.66. The molecule has 0 saturated carbocycles. The predicted octanol–water partition coefficient (Wildman–Crippen LogP) is -1.74. The van der Waals surface area contributed by atoms with E-state index in [2.05, 4.69) is 15.0 Å². The molecule has 8 heteroatoms. The number of carbonyl (C=O) groups is 2. The third kappa shape index (κ3) is 5.09. The quantitative estimate of drug-likeness (QED) is 0.311. The number of ether oxygens (including phenoxy) is 1. The van der Waals surface area contributed by atoms with Crippen LogP contribution < -0.4 is 34.7 Å². The largest absolute Gasteiger partial charge is 1.00 e. The molecule has 2 rings (SSSR count). The molecule has 0 spiro atoms. The first-order valence-corrected chi connectivity index (χ1v) is 8.10. The number of aliphatic carboxylic acids is 1. The van der Waals surface area contributed by atoms with E-state index in [1.54, 1.807) is 50.6 Å². The Hall–Kier alpha value is -1.83. The van der Waals surface area contributed by atoms with Gasteiger partial charge < -0.3 is 14.6 Å². The van der Waals surface area contributed by atoms with Crippen molar-refractivity contribution in [2.45, 2.75) is 39.2 Å². The molecule has 7 nitrogen and oxygen atoms in total. The van der Waals surface area contributed by atoms with Gasteiger partial charge in [0.25, 0.3) is 0 Å². The molecule has 0 N–H and O–H groups in total. The van der Waals surface area contributed by atoms with Crippen LogP contribution in [0.3, 0.4) is 0 Å². The van der Waals surface area contributed by atoms with E-state index >= 15 is 0 Å². The van der Waals surface area contributed by atoms with Gasteiger partial charge in [0.2, 0.25) is 0 Å². The molecule has 0 bridgehead atoms. The Balaban J connectivity index is 0.00000338. The number of carbonyl (C=O) groups excluding carboxylic acids is 2. The van der Waals surface area contributed by atoms with Crippen molar-refractivity contribution in [1.29, 1.82) is 0 Å². The van der Waals surface area contributed by atoms with Crippen LogP contribution in [0.5, 0.6) is 0 Å². The Kier molecular flexibility index (Phi) is 8.84. The number of aromatic nitrogens is 3. The van der Waals surface area contributed by atoms with Crippen molar-refractivity contribution < 1.29 is 49.0 Å². The Morgan fingerprint density at radius 3 is 2.23 bits per heavy atom. The summed E-state index contributed by atoms with van der Waals surface area (Å²) in [5, 5.41) is 11.6. The van der Waals surface area contributed by atoms with Gasteiger partial charge in [-0.1, -0.05) is 13.8 Å². The zero-order valence-electron chi connectivity index (χ0n) is 15.2. The number of carboxylic acids is 1. The third-order valence-electron chi connectivity index (χ3n) is 4.34. The van der Waals surface area contributed by atoms with E-state index in [4.69, 9.17) is 4.74 Å². The molecule has 0 fully saturated rings. The van der Waals surface area contributed by atoms with Crippen molar-refractivity contribution in [2.75, 3.05) is 0 Å². The Morgan fingerprint density at radius 2 is 1.73 bits per heavy atom. The van der Waals surface area contributed by atoms with E-state index in [0.717, 1.165) is 5.56 Å². The predicted molar refractivity (Wildman–Crippen MR) is 86.8 cm³/mol. The van der Waals surface area contributed by atoms with Gasteiger partial charge in [-0.15, -0.1) is 0 Å². The number of hydrogen-bond donors (Lipinski definition) is 0. The van der Waals surface area contributed by atoms with Crippen molar-refractivity contribution in [3.63, 3.8) is 0 Å². The summed E-state index contributed by atoms with van der Waals surface area (Å²) in [6, 6.07) is 5.24. The summed E-state index contributed by atoms with van der Waals surface area (Å²) in [5.74, 6) is -2.23. The number of esters is 1. The fourth-order valence-corrected chi connectivity index (χ4v) is 2.58. The molecule has 0 saturated heterocycles. The number of rotatable bonds is 8. The van der Waals surface area contributed by atoms with E-state index < -0.39 is 23.5 Å². The molecule has 1 unspecified atom stereocenters. The van der Waals surface area contributed by atoms with E-state index in [9.17, 15) is 14.7 Å². The average molecular weight is 365 g/mol. The number of nitrogens with zero attached hydrogens (tertiary/aromatic N) is 3. The number of carboxylic acid groups (broad SMARTS) is 1. The van der Waals surface area contributed by atoms with Crippen LogP contribution in [0.25, 0.3) is 0 Å². The van der Waals surface area contributed by atoms with Gasteiger partial charge in [-0.3, -0.25) is 9.78 Å². The van der Waals surface area contributed by atoms with Gasteiger partial charge >= 0.3 is 35.5 Å². The first kappa shape index (κ1) is 22.2. The maximum atomic E-state index is 12.6. The van der Waals surface area contributed by atoms with Crippen LogP contribution in [0.4, 0.5) is 0 Å². The third-order valence-corrected chi connectivity index (χ3v) is 4.34. The Labute approximate surface area is 174 Å². The average Bonchev–Trinajstić information content (AvgIpc) is 2.64.